The number of hydrogen-bond donors (Lipinski definition) is 2. The van der Waals surface area contributed by atoms with E-state index in [0.29, 0.717) is 6.54 Å². The van der Waals surface area contributed by atoms with Crippen molar-refractivity contribution in [2.45, 2.75) is 12.3 Å². The lowest BCUT2D eigenvalue weighted by atomic mass is 10.1. The number of likely N-dealkylation sites (N-methyl/N-ethyl adjacent to an activating group) is 1. The third-order valence-electron chi connectivity index (χ3n) is 3.29. The minimum Gasteiger partial charge on any atom is -0.508 e. The van der Waals surface area contributed by atoms with Gasteiger partial charge in [-0.3, -0.25) is 4.79 Å². The molecule has 2 aromatic carbocycles. The van der Waals surface area contributed by atoms with Gasteiger partial charge in [-0.2, -0.15) is 0 Å². The number of alkyl halides is 1. The number of rotatable bonds is 5. The highest BCUT2D eigenvalue weighted by Gasteiger charge is 2.12. The summed E-state index contributed by atoms with van der Waals surface area (Å²) < 4.78 is 0. The molecule has 116 valence electrons. The molecule has 1 atom stereocenters. The van der Waals surface area contributed by atoms with Gasteiger partial charge in [0, 0.05) is 31.9 Å². The zero-order chi connectivity index (χ0) is 16.1. The maximum absolute atomic E-state index is 11.1. The molecule has 2 aromatic rings. The summed E-state index contributed by atoms with van der Waals surface area (Å²) in [7, 11) is 1.94. The van der Waals surface area contributed by atoms with Crippen LogP contribution in [0.3, 0.4) is 0 Å². The van der Waals surface area contributed by atoms with Crippen molar-refractivity contribution in [1.82, 2.24) is 0 Å². The number of phenols is 1. The van der Waals surface area contributed by atoms with Gasteiger partial charge in [-0.1, -0.05) is 12.1 Å². The average molecular weight is 319 g/mol. The molecule has 0 spiro atoms. The molecule has 0 aliphatic rings. The second-order valence-corrected chi connectivity index (χ2v) is 5.70. The fraction of sp³-hybridized carbons (Fsp3) is 0.235. The number of carbonyl (C=O) groups is 1. The normalized spacial score (nSPS) is 11.8. The smallest absolute Gasteiger partial charge is 0.221 e. The van der Waals surface area contributed by atoms with Crippen LogP contribution in [-0.4, -0.2) is 24.6 Å². The van der Waals surface area contributed by atoms with E-state index in [1.165, 1.54) is 6.92 Å². The molecule has 2 N–H and O–H groups in total. The molecule has 0 aliphatic heterocycles. The van der Waals surface area contributed by atoms with Gasteiger partial charge in [-0.25, -0.2) is 0 Å². The van der Waals surface area contributed by atoms with Gasteiger partial charge in [0.1, 0.15) is 5.75 Å². The van der Waals surface area contributed by atoms with E-state index in [4.69, 9.17) is 11.6 Å². The maximum Gasteiger partial charge on any atom is 0.221 e. The van der Waals surface area contributed by atoms with E-state index in [0.717, 1.165) is 16.9 Å². The van der Waals surface area contributed by atoms with Gasteiger partial charge in [0.2, 0.25) is 5.91 Å². The number of phenolic OH excluding ortho intramolecular Hbond substituents is 1. The van der Waals surface area contributed by atoms with Crippen molar-refractivity contribution >= 4 is 28.9 Å². The van der Waals surface area contributed by atoms with E-state index in [-0.39, 0.29) is 17.0 Å². The summed E-state index contributed by atoms with van der Waals surface area (Å²) in [5, 5.41) is 11.9. The summed E-state index contributed by atoms with van der Waals surface area (Å²) in [4.78, 5) is 13.1. The number of anilines is 2. The van der Waals surface area contributed by atoms with Crippen molar-refractivity contribution in [2.75, 3.05) is 23.8 Å². The maximum atomic E-state index is 11.1. The van der Waals surface area contributed by atoms with Crippen LogP contribution in [0.2, 0.25) is 0 Å². The molecule has 5 heteroatoms. The summed E-state index contributed by atoms with van der Waals surface area (Å²) in [5.41, 5.74) is 2.66. The molecule has 0 aliphatic carbocycles. The van der Waals surface area contributed by atoms with Gasteiger partial charge in [0.05, 0.1) is 5.38 Å². The van der Waals surface area contributed by atoms with Gasteiger partial charge in [0.25, 0.3) is 0 Å². The summed E-state index contributed by atoms with van der Waals surface area (Å²) in [6.07, 6.45) is 0. The molecule has 1 unspecified atom stereocenters. The minimum absolute atomic E-state index is 0.107. The van der Waals surface area contributed by atoms with Crippen LogP contribution in [0.15, 0.2) is 48.5 Å². The van der Waals surface area contributed by atoms with E-state index in [2.05, 4.69) is 5.32 Å². The summed E-state index contributed by atoms with van der Waals surface area (Å²) in [6.45, 7) is 2.08. The third kappa shape index (κ3) is 4.40. The van der Waals surface area contributed by atoms with Crippen molar-refractivity contribution in [3.8, 4) is 5.75 Å². The Morgan fingerprint density at radius 1 is 1.27 bits per heavy atom. The largest absolute Gasteiger partial charge is 0.508 e. The Kier molecular flexibility index (Phi) is 5.28. The number of nitrogens with zero attached hydrogens (tertiary/aromatic N) is 1. The molecule has 0 radical (unpaired) electrons. The molecule has 0 aromatic heterocycles. The van der Waals surface area contributed by atoms with Crippen LogP contribution in [0.5, 0.6) is 5.75 Å². The lowest BCUT2D eigenvalue weighted by Crippen LogP contribution is -2.21. The van der Waals surface area contributed by atoms with Gasteiger partial charge in [-0.15, -0.1) is 11.6 Å². The van der Waals surface area contributed by atoms with Gasteiger partial charge in [-0.05, 0) is 42.0 Å². The Morgan fingerprint density at radius 2 is 1.95 bits per heavy atom. The molecule has 1 amide bonds. The van der Waals surface area contributed by atoms with Crippen molar-refractivity contribution in [3.63, 3.8) is 0 Å². The Hall–Kier alpha value is -2.20. The van der Waals surface area contributed by atoms with Gasteiger partial charge < -0.3 is 15.3 Å². The van der Waals surface area contributed by atoms with Crippen molar-refractivity contribution in [1.29, 1.82) is 0 Å². The van der Waals surface area contributed by atoms with E-state index in [9.17, 15) is 9.90 Å². The quantitative estimate of drug-likeness (QED) is 0.825. The number of benzene rings is 2. The van der Waals surface area contributed by atoms with Crippen LogP contribution in [0.25, 0.3) is 0 Å². The second kappa shape index (κ2) is 7.18. The third-order valence-corrected chi connectivity index (χ3v) is 3.68. The first-order chi connectivity index (χ1) is 10.5. The van der Waals surface area contributed by atoms with Crippen LogP contribution in [0, 0.1) is 0 Å². The van der Waals surface area contributed by atoms with Crippen molar-refractivity contribution in [3.05, 3.63) is 54.1 Å². The van der Waals surface area contributed by atoms with Crippen molar-refractivity contribution < 1.29 is 9.90 Å². The first-order valence-electron chi connectivity index (χ1n) is 6.97. The predicted octanol–water partition coefficient (Wildman–Crippen LogP) is 3.77. The van der Waals surface area contributed by atoms with E-state index < -0.39 is 0 Å². The predicted molar refractivity (Wildman–Crippen MR) is 90.7 cm³/mol. The number of hydrogen-bond acceptors (Lipinski definition) is 3. The molecule has 4 nitrogen and oxygen atoms in total. The van der Waals surface area contributed by atoms with Gasteiger partial charge in [0.15, 0.2) is 0 Å². The van der Waals surface area contributed by atoms with Crippen LogP contribution in [0.4, 0.5) is 11.4 Å². The monoisotopic (exact) mass is 318 g/mol. The second-order valence-electron chi connectivity index (χ2n) is 5.17. The number of amides is 1. The first-order valence-corrected chi connectivity index (χ1v) is 7.41. The molecule has 2 rings (SSSR count). The van der Waals surface area contributed by atoms with Crippen molar-refractivity contribution in [2.24, 2.45) is 0 Å². The first kappa shape index (κ1) is 16.2. The minimum atomic E-state index is -0.215. The summed E-state index contributed by atoms with van der Waals surface area (Å²) in [5.74, 6) is 0.132. The molecule has 0 bridgehead atoms. The molecule has 0 fully saturated rings. The molecule has 0 saturated heterocycles. The zero-order valence-electron chi connectivity index (χ0n) is 12.6. The Morgan fingerprint density at radius 3 is 2.59 bits per heavy atom. The number of halogens is 1. The topological polar surface area (TPSA) is 52.6 Å². The van der Waals surface area contributed by atoms with E-state index in [1.54, 1.807) is 12.1 Å². The SMILES string of the molecule is CC(=O)Nc1cccc(C(Cl)CN(C)c2ccc(O)cc2)c1. The fourth-order valence-electron chi connectivity index (χ4n) is 2.17. The highest BCUT2D eigenvalue weighted by Crippen LogP contribution is 2.26. The van der Waals surface area contributed by atoms with E-state index in [1.807, 2.05) is 48.3 Å². The van der Waals surface area contributed by atoms with Crippen LogP contribution < -0.4 is 10.2 Å². The molecular weight excluding hydrogens is 300 g/mol. The Balaban J connectivity index is 2.06. The zero-order valence-corrected chi connectivity index (χ0v) is 13.3. The summed E-state index contributed by atoms with van der Waals surface area (Å²) in [6, 6.07) is 14.5. The molecule has 22 heavy (non-hydrogen) atoms. The lowest BCUT2D eigenvalue weighted by Gasteiger charge is -2.23. The van der Waals surface area contributed by atoms with Gasteiger partial charge >= 0.3 is 0 Å². The molecule has 0 saturated carbocycles. The number of aromatic hydroxyl groups is 1. The van der Waals surface area contributed by atoms with E-state index >= 15 is 0 Å². The number of carbonyl (C=O) groups excluding carboxylic acids is 1. The van der Waals surface area contributed by atoms with Crippen LogP contribution >= 0.6 is 11.6 Å². The molecular formula is C17H19ClN2O2. The average Bonchev–Trinajstić information content (AvgIpc) is 2.47. The summed E-state index contributed by atoms with van der Waals surface area (Å²) >= 11 is 6.49. The lowest BCUT2D eigenvalue weighted by molar-refractivity contribution is -0.114. The Labute approximate surface area is 135 Å². The fourth-order valence-corrected chi connectivity index (χ4v) is 2.52. The standard InChI is InChI=1S/C17H19ClN2O2/c1-12(21)19-14-5-3-4-13(10-14)17(18)11-20(2)15-6-8-16(22)9-7-15/h3-10,17,22H,11H2,1-2H3,(H,19,21). The van der Waals surface area contributed by atoms with Crippen LogP contribution in [0.1, 0.15) is 17.9 Å². The Bertz CT molecular complexity index is 643. The molecule has 0 heterocycles. The highest BCUT2D eigenvalue weighted by molar-refractivity contribution is 6.21. The highest BCUT2D eigenvalue weighted by atomic mass is 35.5. The number of nitrogens with one attached hydrogen (secondary N) is 1. The van der Waals surface area contributed by atoms with Crippen LogP contribution in [-0.2, 0) is 4.79 Å².